The molecule has 1 amide bonds. The molecule has 6 atom stereocenters. The molecule has 10 nitrogen and oxygen atoms in total. The molecule has 2 unspecified atom stereocenters. The molecular weight excluding hydrogens is 442 g/mol. The Kier molecular flexibility index (Phi) is 13.9. The topological polar surface area (TPSA) is 158 Å². The Labute approximate surface area is 193 Å². The van der Waals surface area contributed by atoms with Crippen LogP contribution in [0, 0.1) is 0 Å². The van der Waals surface area contributed by atoms with E-state index in [9.17, 15) is 25.2 Å². The van der Waals surface area contributed by atoms with Crippen LogP contribution < -0.4 is 5.32 Å². The van der Waals surface area contributed by atoms with Gasteiger partial charge in [0, 0.05) is 12.2 Å². The van der Waals surface area contributed by atoms with Crippen LogP contribution in [-0.4, -0.2) is 112 Å². The number of thioether (sulfide) groups is 1. The molecule has 1 aliphatic heterocycles. The normalized spacial score (nSPS) is 28.4. The quantitative estimate of drug-likeness (QED) is 0.129. The minimum absolute atomic E-state index is 0.161. The van der Waals surface area contributed by atoms with E-state index in [1.165, 1.54) is 11.8 Å². The van der Waals surface area contributed by atoms with Gasteiger partial charge in [-0.15, -0.1) is 11.8 Å². The first-order chi connectivity index (χ1) is 15.2. The Morgan fingerprint density at radius 3 is 2.56 bits per heavy atom. The van der Waals surface area contributed by atoms with Crippen molar-refractivity contribution < 1.29 is 44.5 Å². The predicted octanol–water partition coefficient (Wildman–Crippen LogP) is -0.834. The number of nitrogens with one attached hydrogen (secondary N) is 1. The van der Waals surface area contributed by atoms with Crippen LogP contribution in [0.2, 0.25) is 0 Å². The highest BCUT2D eigenvalue weighted by molar-refractivity contribution is 8.00. The number of allylic oxidation sites excluding steroid dienone is 1. The van der Waals surface area contributed by atoms with Gasteiger partial charge in [-0.25, -0.2) is 0 Å². The van der Waals surface area contributed by atoms with E-state index < -0.39 is 54.5 Å². The van der Waals surface area contributed by atoms with E-state index in [1.54, 1.807) is 0 Å². The molecule has 0 saturated carbocycles. The summed E-state index contributed by atoms with van der Waals surface area (Å²) in [6.07, 6.45) is -2.72. The molecule has 0 aromatic rings. The van der Waals surface area contributed by atoms with E-state index in [1.807, 2.05) is 26.8 Å². The third kappa shape index (κ3) is 9.24. The maximum atomic E-state index is 11.7. The van der Waals surface area contributed by atoms with Crippen LogP contribution in [-0.2, 0) is 19.0 Å². The summed E-state index contributed by atoms with van der Waals surface area (Å²) in [6, 6.07) is -1.06. The van der Waals surface area contributed by atoms with Gasteiger partial charge in [0.1, 0.15) is 29.9 Å². The van der Waals surface area contributed by atoms with Gasteiger partial charge in [-0.2, -0.15) is 0 Å². The summed E-state index contributed by atoms with van der Waals surface area (Å²) in [6.45, 7) is 6.22. The first-order valence-corrected chi connectivity index (χ1v) is 11.9. The van der Waals surface area contributed by atoms with E-state index in [0.717, 1.165) is 5.57 Å². The molecule has 1 aliphatic rings. The van der Waals surface area contributed by atoms with Crippen LogP contribution in [0.4, 0.5) is 0 Å². The van der Waals surface area contributed by atoms with Crippen LogP contribution in [0.25, 0.3) is 0 Å². The fourth-order valence-electron chi connectivity index (χ4n) is 3.30. The minimum atomic E-state index is -1.56. The summed E-state index contributed by atoms with van der Waals surface area (Å²) >= 11 is 1.41. The molecule has 1 fully saturated rings. The number of ether oxygens (including phenoxy) is 3. The van der Waals surface area contributed by atoms with Crippen LogP contribution in [0.3, 0.4) is 0 Å². The Morgan fingerprint density at radius 2 is 1.97 bits per heavy atom. The number of carbonyl (C=O) groups is 1. The fourth-order valence-corrected chi connectivity index (χ4v) is 4.54. The molecule has 1 rings (SSSR count). The molecule has 11 heteroatoms. The summed E-state index contributed by atoms with van der Waals surface area (Å²) in [5.74, 6) is -0.196. The lowest BCUT2D eigenvalue weighted by Gasteiger charge is -2.48. The lowest BCUT2D eigenvalue weighted by Crippen LogP contribution is -2.65. The van der Waals surface area contributed by atoms with Gasteiger partial charge in [0.25, 0.3) is 0 Å². The van der Waals surface area contributed by atoms with Gasteiger partial charge >= 0.3 is 0 Å². The largest absolute Gasteiger partial charge is 0.394 e. The minimum Gasteiger partial charge on any atom is -0.394 e. The molecule has 1 saturated heterocycles. The van der Waals surface area contributed by atoms with Gasteiger partial charge in [-0.3, -0.25) is 4.79 Å². The van der Waals surface area contributed by atoms with Gasteiger partial charge < -0.3 is 45.1 Å². The third-order valence-electron chi connectivity index (χ3n) is 5.35. The van der Waals surface area contributed by atoms with E-state index in [2.05, 4.69) is 5.32 Å². The zero-order chi connectivity index (χ0) is 24.1. The highest BCUT2D eigenvalue weighted by Crippen LogP contribution is 2.42. The number of hydrogen-bond acceptors (Lipinski definition) is 10. The summed E-state index contributed by atoms with van der Waals surface area (Å²) in [5, 5.41) is 51.8. The van der Waals surface area contributed by atoms with Crippen molar-refractivity contribution in [3.63, 3.8) is 0 Å². The van der Waals surface area contributed by atoms with E-state index >= 15 is 0 Å². The average Bonchev–Trinajstić information content (AvgIpc) is 2.80. The fraction of sp³-hybridized carbons (Fsp3) is 0.857. The number of aliphatic hydroxyl groups is 5. The van der Waals surface area contributed by atoms with Gasteiger partial charge in [0.15, 0.2) is 0 Å². The highest BCUT2D eigenvalue weighted by atomic mass is 32.2. The van der Waals surface area contributed by atoms with Crippen molar-refractivity contribution >= 4 is 17.7 Å². The lowest BCUT2D eigenvalue weighted by atomic mass is 9.89. The predicted molar refractivity (Wildman–Crippen MR) is 120 cm³/mol. The standard InChI is InChI=1S/C21H39NO9S/c1-4-14(3)13-30-7-6-29-8-9-32-21(5-2)10-15(25)18(22-17(27)12-24)20(31-21)19(28)16(26)11-23/h4,15-16,18-20,23-26,28H,5-13H2,1-3H3,(H,22,27)/b14-4+/t15-,16+,18?,19?,20+,21-/m0/s1. The van der Waals surface area contributed by atoms with E-state index in [-0.39, 0.29) is 6.42 Å². The second-order valence-electron chi connectivity index (χ2n) is 7.76. The smallest absolute Gasteiger partial charge is 0.246 e. The van der Waals surface area contributed by atoms with Crippen molar-refractivity contribution in [3.8, 4) is 0 Å². The van der Waals surface area contributed by atoms with E-state index in [0.29, 0.717) is 38.6 Å². The Morgan fingerprint density at radius 1 is 1.28 bits per heavy atom. The Hall–Kier alpha value is -0.760. The van der Waals surface area contributed by atoms with Crippen LogP contribution in [0.15, 0.2) is 11.6 Å². The zero-order valence-corrected chi connectivity index (χ0v) is 19.9. The molecule has 0 spiro atoms. The maximum absolute atomic E-state index is 11.7. The van der Waals surface area contributed by atoms with Gasteiger partial charge in [-0.1, -0.05) is 18.6 Å². The summed E-state index contributed by atoms with van der Waals surface area (Å²) in [4.78, 5) is 10.8. The highest BCUT2D eigenvalue weighted by Gasteiger charge is 2.50. The monoisotopic (exact) mass is 481 g/mol. The summed E-state index contributed by atoms with van der Waals surface area (Å²) < 4.78 is 17.2. The van der Waals surface area contributed by atoms with Crippen molar-refractivity contribution in [1.82, 2.24) is 5.32 Å². The molecule has 0 aromatic carbocycles. The Balaban J connectivity index is 2.67. The molecule has 188 valence electrons. The number of amides is 1. The summed E-state index contributed by atoms with van der Waals surface area (Å²) in [5.41, 5.74) is 1.15. The van der Waals surface area contributed by atoms with Crippen molar-refractivity contribution in [1.29, 1.82) is 0 Å². The average molecular weight is 482 g/mol. The molecular formula is C21H39NO9S. The lowest BCUT2D eigenvalue weighted by molar-refractivity contribution is -0.193. The van der Waals surface area contributed by atoms with Gasteiger partial charge in [0.05, 0.1) is 45.2 Å². The number of rotatable bonds is 15. The van der Waals surface area contributed by atoms with Crippen LogP contribution in [0.5, 0.6) is 0 Å². The molecule has 6 N–H and O–H groups in total. The van der Waals surface area contributed by atoms with Crippen LogP contribution in [0.1, 0.15) is 33.6 Å². The van der Waals surface area contributed by atoms with Crippen molar-refractivity contribution in [2.45, 2.75) is 69.0 Å². The van der Waals surface area contributed by atoms with E-state index in [4.69, 9.17) is 19.3 Å². The number of carbonyl (C=O) groups excluding carboxylic acids is 1. The van der Waals surface area contributed by atoms with Crippen molar-refractivity contribution in [2.24, 2.45) is 0 Å². The molecule has 0 radical (unpaired) electrons. The van der Waals surface area contributed by atoms with Gasteiger partial charge in [-0.05, 0) is 20.3 Å². The molecule has 32 heavy (non-hydrogen) atoms. The molecule has 0 aromatic heterocycles. The second kappa shape index (κ2) is 15.2. The zero-order valence-electron chi connectivity index (χ0n) is 19.1. The number of hydrogen-bond donors (Lipinski definition) is 6. The summed E-state index contributed by atoms with van der Waals surface area (Å²) in [7, 11) is 0. The number of aliphatic hydroxyl groups excluding tert-OH is 5. The first-order valence-electron chi connectivity index (χ1n) is 10.9. The molecule has 1 heterocycles. The van der Waals surface area contributed by atoms with Crippen molar-refractivity contribution in [2.75, 3.05) is 45.4 Å². The Bertz CT molecular complexity index is 579. The first kappa shape index (κ1) is 29.3. The van der Waals surface area contributed by atoms with Crippen molar-refractivity contribution in [3.05, 3.63) is 11.6 Å². The maximum Gasteiger partial charge on any atom is 0.246 e. The molecule has 0 bridgehead atoms. The van der Waals surface area contributed by atoms with Gasteiger partial charge in [0.2, 0.25) is 5.91 Å². The second-order valence-corrected chi connectivity index (χ2v) is 9.20. The molecule has 0 aliphatic carbocycles. The van der Waals surface area contributed by atoms with Crippen LogP contribution >= 0.6 is 11.8 Å². The SMILES string of the molecule is C/C=C(\C)COCCOCCS[C@@]1(CC)C[C@H](O)C(NC(=O)CO)[C@H](C(O)[C@H](O)CO)O1. The third-order valence-corrected chi connectivity index (χ3v) is 6.80.